The van der Waals surface area contributed by atoms with E-state index in [-0.39, 0.29) is 46.7 Å². The van der Waals surface area contributed by atoms with Crippen LogP contribution in [0.5, 0.6) is 28.7 Å². The summed E-state index contributed by atoms with van der Waals surface area (Å²) in [6.07, 6.45) is 7.76. The van der Waals surface area contributed by atoms with Crippen molar-refractivity contribution < 1.29 is 37.4 Å². The molecule has 0 heterocycles. The molecule has 2 N–H and O–H groups in total. The number of phenols is 2. The molecule has 1 saturated carbocycles. The number of para-hydroxylation sites is 3. The Morgan fingerprint density at radius 3 is 1.54 bits per heavy atom. The van der Waals surface area contributed by atoms with E-state index < -0.39 is 0 Å². The fraction of sp³-hybridized carbons (Fsp3) is 0.188. The van der Waals surface area contributed by atoms with Crippen molar-refractivity contribution in [2.45, 2.75) is 37.8 Å². The fourth-order valence-corrected chi connectivity index (χ4v) is 4.12. The van der Waals surface area contributed by atoms with E-state index in [9.17, 15) is 15.3 Å². The molecule has 6 nitrogen and oxygen atoms in total. The van der Waals surface area contributed by atoms with Crippen molar-refractivity contribution in [1.82, 2.24) is 0 Å². The molecule has 4 aromatic rings. The minimum absolute atomic E-state index is 0. The fourth-order valence-electron chi connectivity index (χ4n) is 4.12. The molecule has 0 radical (unpaired) electrons. The van der Waals surface area contributed by atoms with Gasteiger partial charge in [0.05, 0.1) is 12.1 Å². The van der Waals surface area contributed by atoms with Gasteiger partial charge in [0, 0.05) is 40.9 Å². The molecule has 2 atom stereocenters. The quantitative estimate of drug-likeness (QED) is 0.264. The summed E-state index contributed by atoms with van der Waals surface area (Å²) < 4.78 is 5.49. The van der Waals surface area contributed by atoms with Gasteiger partial charge in [-0.15, -0.1) is 5.75 Å². The zero-order valence-corrected chi connectivity index (χ0v) is 22.7. The molecule has 0 aliphatic heterocycles. The minimum Gasteiger partial charge on any atom is -0.872 e. The van der Waals surface area contributed by atoms with E-state index in [1.807, 2.05) is 54.6 Å². The predicted octanol–water partition coefficient (Wildman–Crippen LogP) is 6.50. The number of hydrogen-bond donors (Lipinski definition) is 2. The SMILES string of the molecule is Oc1ccccc1C=N[C@@H]1CCCC[C@H]1N=Cc1ccccc1O.[Cr].[O-]c1ccc(Oc2ccccc2)cc1. The first-order valence-electron chi connectivity index (χ1n) is 12.7. The van der Waals surface area contributed by atoms with E-state index in [1.165, 1.54) is 12.1 Å². The first kappa shape index (κ1) is 29.5. The average molecular weight is 560 g/mol. The zero-order valence-electron chi connectivity index (χ0n) is 21.5. The largest absolute Gasteiger partial charge is 0.872 e. The van der Waals surface area contributed by atoms with Crippen molar-refractivity contribution in [1.29, 1.82) is 0 Å². The Morgan fingerprint density at radius 2 is 1.05 bits per heavy atom. The minimum atomic E-state index is -0.00888. The molecule has 0 spiro atoms. The number of hydrogen-bond acceptors (Lipinski definition) is 6. The van der Waals surface area contributed by atoms with Gasteiger partial charge in [0.25, 0.3) is 0 Å². The second kappa shape index (κ2) is 15.4. The van der Waals surface area contributed by atoms with Crippen LogP contribution in [0.2, 0.25) is 0 Å². The van der Waals surface area contributed by atoms with Gasteiger partial charge in [0.1, 0.15) is 23.0 Å². The van der Waals surface area contributed by atoms with Crippen molar-refractivity contribution >= 4 is 12.4 Å². The van der Waals surface area contributed by atoms with Crippen LogP contribution in [0.25, 0.3) is 0 Å². The molecule has 1 aliphatic rings. The first-order chi connectivity index (χ1) is 18.6. The molecule has 200 valence electrons. The van der Waals surface area contributed by atoms with Gasteiger partial charge < -0.3 is 20.1 Å². The summed E-state index contributed by atoms with van der Waals surface area (Å²) in [5.74, 6) is 1.92. The normalized spacial score (nSPS) is 16.7. The van der Waals surface area contributed by atoms with Gasteiger partial charge in [-0.25, -0.2) is 0 Å². The Kier molecular flexibility index (Phi) is 11.6. The molecule has 0 unspecified atom stereocenters. The van der Waals surface area contributed by atoms with Gasteiger partial charge >= 0.3 is 0 Å². The molecule has 5 rings (SSSR count). The maximum absolute atomic E-state index is 10.8. The van der Waals surface area contributed by atoms with Crippen LogP contribution in [0.3, 0.4) is 0 Å². The summed E-state index contributed by atoms with van der Waals surface area (Å²) in [5.41, 5.74) is 1.46. The Hall–Kier alpha value is -4.05. The van der Waals surface area contributed by atoms with Crippen molar-refractivity contribution in [2.24, 2.45) is 9.98 Å². The second-order valence-electron chi connectivity index (χ2n) is 8.98. The zero-order chi connectivity index (χ0) is 26.6. The van der Waals surface area contributed by atoms with E-state index in [1.54, 1.807) is 48.8 Å². The maximum Gasteiger partial charge on any atom is 0.127 e. The summed E-state index contributed by atoms with van der Waals surface area (Å²) >= 11 is 0. The third kappa shape index (κ3) is 9.33. The number of phenolic OH excluding ortho intramolecular Hbond substituents is 2. The Morgan fingerprint density at radius 1 is 0.615 bits per heavy atom. The number of aliphatic imine (C=N–C) groups is 2. The molecule has 1 fully saturated rings. The van der Waals surface area contributed by atoms with Crippen molar-refractivity contribution in [3.05, 3.63) is 114 Å². The van der Waals surface area contributed by atoms with Crippen LogP contribution >= 0.6 is 0 Å². The number of aromatic hydroxyl groups is 2. The van der Waals surface area contributed by atoms with Crippen LogP contribution in [0.4, 0.5) is 0 Å². The van der Waals surface area contributed by atoms with Crippen LogP contribution in [0.1, 0.15) is 36.8 Å². The number of benzene rings is 4. The van der Waals surface area contributed by atoms with E-state index in [0.29, 0.717) is 5.75 Å². The topological polar surface area (TPSA) is 97.5 Å². The standard InChI is InChI=1S/C20H22N2O2.C12H10O2.Cr/c23-19-11-5-1-7-15(19)13-21-17-9-3-4-10-18(17)22-14-16-8-2-6-12-20(16)24;13-10-6-8-12(9-7-10)14-11-4-2-1-3-5-11;/h1-2,5-8,11-14,17-18,23-24H,3-4,9-10H2;1-9,13H;/p-1/t17-,18-;;/m1../s1. The van der Waals surface area contributed by atoms with E-state index in [4.69, 9.17) is 4.74 Å². The van der Waals surface area contributed by atoms with Crippen LogP contribution in [0, 0.1) is 0 Å². The van der Waals surface area contributed by atoms with E-state index >= 15 is 0 Å². The molecular weight excluding hydrogens is 528 g/mol. The van der Waals surface area contributed by atoms with Gasteiger partial charge in [-0.05, 0) is 61.4 Å². The molecule has 7 heteroatoms. The van der Waals surface area contributed by atoms with E-state index in [0.717, 1.165) is 42.6 Å². The van der Waals surface area contributed by atoms with Gasteiger partial charge in [-0.1, -0.05) is 67.4 Å². The average Bonchev–Trinajstić information content (AvgIpc) is 2.95. The van der Waals surface area contributed by atoms with Crippen molar-refractivity contribution in [3.63, 3.8) is 0 Å². The molecule has 0 aromatic heterocycles. The number of ether oxygens (including phenoxy) is 1. The van der Waals surface area contributed by atoms with Crippen LogP contribution in [-0.4, -0.2) is 34.7 Å². The Labute approximate surface area is 240 Å². The van der Waals surface area contributed by atoms with Crippen LogP contribution in [-0.2, 0) is 17.4 Å². The van der Waals surface area contributed by atoms with Gasteiger partial charge in [-0.3, -0.25) is 9.98 Å². The number of rotatable bonds is 6. The molecule has 39 heavy (non-hydrogen) atoms. The Bertz CT molecular complexity index is 1280. The molecule has 0 amide bonds. The van der Waals surface area contributed by atoms with Crippen LogP contribution < -0.4 is 9.84 Å². The predicted molar refractivity (Wildman–Crippen MR) is 150 cm³/mol. The summed E-state index contributed by atoms with van der Waals surface area (Å²) in [6, 6.07) is 30.4. The summed E-state index contributed by atoms with van der Waals surface area (Å²) in [4.78, 5) is 9.34. The second-order valence-corrected chi connectivity index (χ2v) is 8.98. The summed E-state index contributed by atoms with van der Waals surface area (Å²) in [5, 5.41) is 30.5. The molecule has 0 bridgehead atoms. The summed E-state index contributed by atoms with van der Waals surface area (Å²) in [7, 11) is 0. The van der Waals surface area contributed by atoms with Crippen molar-refractivity contribution in [3.8, 4) is 28.7 Å². The molecular formula is C32H31CrN2O4-. The molecule has 4 aromatic carbocycles. The third-order valence-electron chi connectivity index (χ3n) is 6.18. The smallest absolute Gasteiger partial charge is 0.127 e. The van der Waals surface area contributed by atoms with Gasteiger partial charge in [0.2, 0.25) is 0 Å². The van der Waals surface area contributed by atoms with Crippen molar-refractivity contribution in [2.75, 3.05) is 0 Å². The number of nitrogens with zero attached hydrogens (tertiary/aromatic N) is 2. The molecule has 0 saturated heterocycles. The Balaban J connectivity index is 0.000000239. The van der Waals surface area contributed by atoms with E-state index in [2.05, 4.69) is 9.98 Å². The third-order valence-corrected chi connectivity index (χ3v) is 6.18. The maximum atomic E-state index is 10.8. The van der Waals surface area contributed by atoms with Gasteiger partial charge in [0.15, 0.2) is 0 Å². The molecule has 1 aliphatic carbocycles. The first-order valence-corrected chi connectivity index (χ1v) is 12.7. The van der Waals surface area contributed by atoms with Crippen LogP contribution in [0.15, 0.2) is 113 Å². The summed E-state index contributed by atoms with van der Waals surface area (Å²) in [6.45, 7) is 0. The monoisotopic (exact) mass is 559 g/mol. The van der Waals surface area contributed by atoms with Gasteiger partial charge in [-0.2, -0.15) is 0 Å².